The van der Waals surface area contributed by atoms with Crippen molar-refractivity contribution < 1.29 is 4.79 Å². The predicted molar refractivity (Wildman–Crippen MR) is 74.5 cm³/mol. The molecule has 5 heteroatoms. The molecule has 0 aliphatic rings. The maximum Gasteiger partial charge on any atom is 0.253 e. The number of rotatable bonds is 4. The van der Waals surface area contributed by atoms with Gasteiger partial charge in [-0.3, -0.25) is 4.79 Å². The fourth-order valence-electron chi connectivity index (χ4n) is 1.30. The first-order valence-corrected chi connectivity index (χ1v) is 7.11. The molecule has 0 spiro atoms. The molecule has 0 saturated heterocycles. The zero-order chi connectivity index (χ0) is 12.1. The molecule has 0 fully saturated rings. The minimum absolute atomic E-state index is 0.0100. The molecule has 1 aromatic rings. The van der Waals surface area contributed by atoms with Crippen molar-refractivity contribution in [1.29, 1.82) is 0 Å². The number of nitrogens with zero attached hydrogens (tertiary/aromatic N) is 1. The zero-order valence-corrected chi connectivity index (χ0v) is 12.8. The molecular formula is C11H12Br2ClNO. The fraction of sp³-hybridized carbons (Fsp3) is 0.364. The van der Waals surface area contributed by atoms with Gasteiger partial charge in [0.2, 0.25) is 0 Å². The zero-order valence-electron chi connectivity index (χ0n) is 8.84. The Kier molecular flexibility index (Phi) is 5.79. The highest BCUT2D eigenvalue weighted by atomic mass is 79.9. The van der Waals surface area contributed by atoms with Gasteiger partial charge >= 0.3 is 0 Å². The van der Waals surface area contributed by atoms with Crippen molar-refractivity contribution in [3.05, 3.63) is 33.3 Å². The first-order valence-electron chi connectivity index (χ1n) is 4.82. The van der Waals surface area contributed by atoms with Crippen LogP contribution in [0, 0.1) is 0 Å². The molecule has 0 N–H and O–H groups in total. The molecule has 2 nitrogen and oxygen atoms in total. The van der Waals surface area contributed by atoms with Crippen LogP contribution < -0.4 is 0 Å². The lowest BCUT2D eigenvalue weighted by Crippen LogP contribution is -2.27. The minimum atomic E-state index is -0.0100. The van der Waals surface area contributed by atoms with Gasteiger partial charge < -0.3 is 4.90 Å². The van der Waals surface area contributed by atoms with Gasteiger partial charge in [0.25, 0.3) is 5.91 Å². The molecule has 0 radical (unpaired) electrons. The summed E-state index contributed by atoms with van der Waals surface area (Å²) in [6.45, 7) is 0.730. The molecule has 0 unspecified atom stereocenters. The van der Waals surface area contributed by atoms with Crippen molar-refractivity contribution in [3.8, 4) is 0 Å². The predicted octanol–water partition coefficient (Wildman–Crippen LogP) is 3.96. The number of alkyl halides is 1. The van der Waals surface area contributed by atoms with Crippen LogP contribution in [0.4, 0.5) is 0 Å². The Balaban J connectivity index is 2.79. The van der Waals surface area contributed by atoms with E-state index in [9.17, 15) is 4.79 Å². The molecule has 0 aliphatic heterocycles. The second-order valence-corrected chi connectivity index (χ2v) is 5.57. The Morgan fingerprint density at radius 2 is 2.12 bits per heavy atom. The molecule has 88 valence electrons. The lowest BCUT2D eigenvalue weighted by Gasteiger charge is -2.16. The van der Waals surface area contributed by atoms with Gasteiger partial charge in [0.15, 0.2) is 0 Å². The summed E-state index contributed by atoms with van der Waals surface area (Å²) in [6.07, 6.45) is 0.934. The van der Waals surface area contributed by atoms with E-state index in [1.807, 2.05) is 0 Å². The van der Waals surface area contributed by atoms with Crippen LogP contribution >= 0.6 is 43.5 Å². The lowest BCUT2D eigenvalue weighted by molar-refractivity contribution is 0.0795. The normalized spacial score (nSPS) is 10.2. The number of carbonyl (C=O) groups excluding carboxylic acids is 1. The van der Waals surface area contributed by atoms with E-state index in [1.165, 1.54) is 0 Å². The van der Waals surface area contributed by atoms with Gasteiger partial charge in [-0.25, -0.2) is 0 Å². The summed E-state index contributed by atoms with van der Waals surface area (Å²) in [4.78, 5) is 13.7. The number of benzene rings is 1. The van der Waals surface area contributed by atoms with Gasteiger partial charge in [0, 0.05) is 34.0 Å². The summed E-state index contributed by atoms with van der Waals surface area (Å²) in [5.74, 6) is -0.0100. The Bertz CT molecular complexity index is 364. The molecule has 0 bridgehead atoms. The Morgan fingerprint density at radius 3 is 2.69 bits per heavy atom. The lowest BCUT2D eigenvalue weighted by atomic mass is 10.2. The van der Waals surface area contributed by atoms with Gasteiger partial charge in [0.05, 0.1) is 0 Å². The molecule has 1 amide bonds. The SMILES string of the molecule is CN(CCCBr)C(=O)c1cc(Cl)cc(Br)c1. The largest absolute Gasteiger partial charge is 0.342 e. The second kappa shape index (κ2) is 6.62. The van der Waals surface area contributed by atoms with Crippen LogP contribution in [0.15, 0.2) is 22.7 Å². The van der Waals surface area contributed by atoms with Crippen molar-refractivity contribution in [3.63, 3.8) is 0 Å². The van der Waals surface area contributed by atoms with E-state index in [-0.39, 0.29) is 5.91 Å². The standard InChI is InChI=1S/C11H12Br2ClNO/c1-15(4-2-3-12)11(16)8-5-9(13)7-10(14)6-8/h5-7H,2-4H2,1H3. The smallest absolute Gasteiger partial charge is 0.253 e. The van der Waals surface area contributed by atoms with Gasteiger partial charge in [-0.05, 0) is 24.6 Å². The number of amides is 1. The molecular weight excluding hydrogens is 357 g/mol. The first-order chi connectivity index (χ1) is 7.54. The average Bonchev–Trinajstić information content (AvgIpc) is 2.23. The fourth-order valence-corrected chi connectivity index (χ4v) is 2.41. The van der Waals surface area contributed by atoms with E-state index < -0.39 is 0 Å². The van der Waals surface area contributed by atoms with Crippen LogP contribution in [0.5, 0.6) is 0 Å². The Labute approximate surface area is 117 Å². The topological polar surface area (TPSA) is 20.3 Å². The molecule has 1 aromatic carbocycles. The van der Waals surface area contributed by atoms with E-state index in [4.69, 9.17) is 11.6 Å². The third-order valence-electron chi connectivity index (χ3n) is 2.08. The molecule has 16 heavy (non-hydrogen) atoms. The third-order valence-corrected chi connectivity index (χ3v) is 3.32. The third kappa shape index (κ3) is 4.07. The highest BCUT2D eigenvalue weighted by Crippen LogP contribution is 2.20. The molecule has 1 rings (SSSR count). The van der Waals surface area contributed by atoms with Gasteiger partial charge in [-0.15, -0.1) is 0 Å². The van der Waals surface area contributed by atoms with Crippen molar-refractivity contribution in [2.45, 2.75) is 6.42 Å². The van der Waals surface area contributed by atoms with Crippen LogP contribution in [0.1, 0.15) is 16.8 Å². The van der Waals surface area contributed by atoms with Gasteiger partial charge in [0.1, 0.15) is 0 Å². The molecule has 0 aliphatic carbocycles. The monoisotopic (exact) mass is 367 g/mol. The molecule has 0 atom stereocenters. The van der Waals surface area contributed by atoms with Gasteiger partial charge in [-0.2, -0.15) is 0 Å². The highest BCUT2D eigenvalue weighted by Gasteiger charge is 2.12. The quantitative estimate of drug-likeness (QED) is 0.736. The van der Waals surface area contributed by atoms with E-state index in [0.29, 0.717) is 10.6 Å². The van der Waals surface area contributed by atoms with E-state index >= 15 is 0 Å². The highest BCUT2D eigenvalue weighted by molar-refractivity contribution is 9.10. The van der Waals surface area contributed by atoms with Crippen molar-refractivity contribution in [2.75, 3.05) is 18.9 Å². The van der Waals surface area contributed by atoms with Crippen molar-refractivity contribution in [2.24, 2.45) is 0 Å². The Hall–Kier alpha value is -0.0600. The summed E-state index contributed by atoms with van der Waals surface area (Å²) in [7, 11) is 1.79. The van der Waals surface area contributed by atoms with Crippen LogP contribution in [0.25, 0.3) is 0 Å². The average molecular weight is 369 g/mol. The second-order valence-electron chi connectivity index (χ2n) is 3.43. The van der Waals surface area contributed by atoms with Gasteiger partial charge in [-0.1, -0.05) is 43.5 Å². The number of halogens is 3. The van der Waals surface area contributed by atoms with Crippen molar-refractivity contribution >= 4 is 49.4 Å². The number of hydrogen-bond acceptors (Lipinski definition) is 1. The van der Waals surface area contributed by atoms with E-state index in [0.717, 1.165) is 22.8 Å². The summed E-state index contributed by atoms with van der Waals surface area (Å²) < 4.78 is 0.817. The Morgan fingerprint density at radius 1 is 1.44 bits per heavy atom. The molecule has 0 aromatic heterocycles. The van der Waals surface area contributed by atoms with Crippen molar-refractivity contribution in [1.82, 2.24) is 4.90 Å². The van der Waals surface area contributed by atoms with E-state index in [1.54, 1.807) is 30.1 Å². The maximum absolute atomic E-state index is 12.0. The first kappa shape index (κ1) is 14.0. The summed E-state index contributed by atoms with van der Waals surface area (Å²) in [5, 5.41) is 1.45. The molecule has 0 saturated carbocycles. The summed E-state index contributed by atoms with van der Waals surface area (Å²) in [6, 6.07) is 5.22. The summed E-state index contributed by atoms with van der Waals surface area (Å²) >= 11 is 12.6. The maximum atomic E-state index is 12.0. The van der Waals surface area contributed by atoms with E-state index in [2.05, 4.69) is 31.9 Å². The summed E-state index contributed by atoms with van der Waals surface area (Å²) in [5.41, 5.74) is 0.608. The van der Waals surface area contributed by atoms with Crippen LogP contribution in [0.2, 0.25) is 5.02 Å². The van der Waals surface area contributed by atoms with Crippen LogP contribution in [0.3, 0.4) is 0 Å². The van der Waals surface area contributed by atoms with Crippen LogP contribution in [-0.4, -0.2) is 29.7 Å². The number of hydrogen-bond donors (Lipinski definition) is 0. The van der Waals surface area contributed by atoms with Crippen LogP contribution in [-0.2, 0) is 0 Å². The number of carbonyl (C=O) groups is 1. The minimum Gasteiger partial charge on any atom is -0.342 e. The molecule has 0 heterocycles.